The van der Waals surface area contributed by atoms with Crippen LogP contribution >= 0.6 is 0 Å². The fourth-order valence-electron chi connectivity index (χ4n) is 5.56. The SMILES string of the molecule is CCCCCCCCC=CCCCCCCCCCCCCCCCCCC=CCCCCCCCCC. The summed E-state index contributed by atoms with van der Waals surface area (Å²) in [5, 5.41) is 0. The third kappa shape index (κ3) is 35.5. The van der Waals surface area contributed by atoms with Gasteiger partial charge in [-0.3, -0.25) is 0 Å². The first-order valence-corrected chi connectivity index (χ1v) is 18.2. The fourth-order valence-corrected chi connectivity index (χ4v) is 5.56. The van der Waals surface area contributed by atoms with Gasteiger partial charge < -0.3 is 0 Å². The molecule has 0 aliphatic rings. The summed E-state index contributed by atoms with van der Waals surface area (Å²) in [6, 6.07) is 0. The van der Waals surface area contributed by atoms with Gasteiger partial charge in [0.2, 0.25) is 0 Å². The van der Waals surface area contributed by atoms with E-state index < -0.39 is 0 Å². The highest BCUT2D eigenvalue weighted by Gasteiger charge is 1.95. The Balaban J connectivity index is 3.10. The monoisotopic (exact) mass is 531 g/mol. The molecule has 0 fully saturated rings. The van der Waals surface area contributed by atoms with Gasteiger partial charge in [0.25, 0.3) is 0 Å². The molecule has 0 atom stereocenters. The Morgan fingerprint density at radius 1 is 0.211 bits per heavy atom. The second-order valence-corrected chi connectivity index (χ2v) is 12.3. The second-order valence-electron chi connectivity index (χ2n) is 12.3. The van der Waals surface area contributed by atoms with E-state index in [4.69, 9.17) is 0 Å². The number of unbranched alkanes of at least 4 members (excludes halogenated alkanes) is 29. The van der Waals surface area contributed by atoms with Gasteiger partial charge in [0, 0.05) is 0 Å². The van der Waals surface area contributed by atoms with Gasteiger partial charge in [-0.05, 0) is 51.4 Å². The third-order valence-electron chi connectivity index (χ3n) is 8.27. The Bertz CT molecular complexity index is 445. The molecule has 0 N–H and O–H groups in total. The Labute approximate surface area is 243 Å². The Kier molecular flexibility index (Phi) is 36.0. The molecular weight excluding hydrogens is 456 g/mol. The lowest BCUT2D eigenvalue weighted by atomic mass is 10.0. The van der Waals surface area contributed by atoms with E-state index in [0.717, 1.165) is 0 Å². The molecule has 0 aromatic rings. The van der Waals surface area contributed by atoms with Crippen LogP contribution in [0.2, 0.25) is 0 Å². The van der Waals surface area contributed by atoms with Gasteiger partial charge in [0.15, 0.2) is 0 Å². The van der Waals surface area contributed by atoms with Crippen LogP contribution in [0.15, 0.2) is 24.3 Å². The van der Waals surface area contributed by atoms with Crippen molar-refractivity contribution in [2.75, 3.05) is 0 Å². The van der Waals surface area contributed by atoms with E-state index in [0.29, 0.717) is 0 Å². The smallest absolute Gasteiger partial charge is 0.0351 e. The molecule has 0 aliphatic heterocycles. The van der Waals surface area contributed by atoms with Crippen molar-refractivity contribution in [2.24, 2.45) is 0 Å². The Morgan fingerprint density at radius 3 is 0.553 bits per heavy atom. The van der Waals surface area contributed by atoms with E-state index >= 15 is 0 Å². The fraction of sp³-hybridized carbons (Fsp3) is 0.895. The standard InChI is InChI=1S/C38H74/c1-3-5-7-9-11-13-15-17-19-21-23-25-27-29-31-33-35-37-38-36-34-32-30-28-26-24-22-20-18-16-14-12-10-8-6-4-2/h17,19-20,22H,3-16,18,21,23-38H2,1-2H3. The van der Waals surface area contributed by atoms with Crippen molar-refractivity contribution in [3.63, 3.8) is 0 Å². The summed E-state index contributed by atoms with van der Waals surface area (Å²) in [5.41, 5.74) is 0. The van der Waals surface area contributed by atoms with Crippen molar-refractivity contribution in [2.45, 2.75) is 219 Å². The summed E-state index contributed by atoms with van der Waals surface area (Å²) in [6.45, 7) is 4.60. The molecule has 0 spiro atoms. The average Bonchev–Trinajstić information content (AvgIpc) is 2.93. The van der Waals surface area contributed by atoms with Crippen LogP contribution in [0.25, 0.3) is 0 Å². The molecule has 226 valence electrons. The van der Waals surface area contributed by atoms with Gasteiger partial charge in [-0.1, -0.05) is 192 Å². The van der Waals surface area contributed by atoms with Gasteiger partial charge in [-0.25, -0.2) is 0 Å². The molecule has 0 aliphatic carbocycles. The maximum absolute atomic E-state index is 2.45. The molecule has 0 aromatic heterocycles. The molecular formula is C38H74. The van der Waals surface area contributed by atoms with E-state index in [1.807, 2.05) is 0 Å². The van der Waals surface area contributed by atoms with Gasteiger partial charge in [-0.15, -0.1) is 0 Å². The van der Waals surface area contributed by atoms with Gasteiger partial charge in [0.1, 0.15) is 0 Å². The maximum atomic E-state index is 2.45. The van der Waals surface area contributed by atoms with E-state index in [9.17, 15) is 0 Å². The molecule has 0 heterocycles. The maximum Gasteiger partial charge on any atom is -0.0351 e. The van der Waals surface area contributed by atoms with Crippen LogP contribution in [-0.2, 0) is 0 Å². The number of allylic oxidation sites excluding steroid dienone is 4. The Hall–Kier alpha value is -0.520. The van der Waals surface area contributed by atoms with Crippen LogP contribution in [-0.4, -0.2) is 0 Å². The topological polar surface area (TPSA) is 0 Å². The van der Waals surface area contributed by atoms with E-state index in [-0.39, 0.29) is 0 Å². The van der Waals surface area contributed by atoms with Crippen LogP contribution in [0, 0.1) is 0 Å². The molecule has 0 bridgehead atoms. The van der Waals surface area contributed by atoms with Gasteiger partial charge >= 0.3 is 0 Å². The number of rotatable bonds is 33. The third-order valence-corrected chi connectivity index (χ3v) is 8.27. The summed E-state index contributed by atoms with van der Waals surface area (Å²) in [7, 11) is 0. The van der Waals surface area contributed by atoms with Crippen LogP contribution in [0.1, 0.15) is 219 Å². The average molecular weight is 531 g/mol. The quantitative estimate of drug-likeness (QED) is 0.0584. The molecule has 0 saturated carbocycles. The van der Waals surface area contributed by atoms with Crippen LogP contribution in [0.4, 0.5) is 0 Å². The van der Waals surface area contributed by atoms with E-state index in [2.05, 4.69) is 38.2 Å². The Morgan fingerprint density at radius 2 is 0.368 bits per heavy atom. The molecule has 38 heavy (non-hydrogen) atoms. The molecule has 0 amide bonds. The molecule has 0 radical (unpaired) electrons. The number of hydrogen-bond acceptors (Lipinski definition) is 0. The van der Waals surface area contributed by atoms with Crippen LogP contribution < -0.4 is 0 Å². The highest BCUT2D eigenvalue weighted by Crippen LogP contribution is 2.15. The first-order chi connectivity index (χ1) is 18.9. The highest BCUT2D eigenvalue weighted by molar-refractivity contribution is 4.82. The largest absolute Gasteiger partial charge is 0.0885 e. The van der Waals surface area contributed by atoms with Crippen molar-refractivity contribution in [1.82, 2.24) is 0 Å². The molecule has 0 nitrogen and oxygen atoms in total. The summed E-state index contributed by atoms with van der Waals surface area (Å²) in [6.07, 6.45) is 55.4. The van der Waals surface area contributed by atoms with Gasteiger partial charge in [0.05, 0.1) is 0 Å². The molecule has 0 saturated heterocycles. The predicted molar refractivity (Wildman–Crippen MR) is 177 cm³/mol. The minimum atomic E-state index is 1.31. The summed E-state index contributed by atoms with van der Waals surface area (Å²) in [5.74, 6) is 0. The zero-order valence-electron chi connectivity index (χ0n) is 26.9. The van der Waals surface area contributed by atoms with Crippen molar-refractivity contribution >= 4 is 0 Å². The normalized spacial score (nSPS) is 11.9. The molecule has 0 aromatic carbocycles. The van der Waals surface area contributed by atoms with Crippen LogP contribution in [0.3, 0.4) is 0 Å². The first kappa shape index (κ1) is 37.5. The van der Waals surface area contributed by atoms with Crippen molar-refractivity contribution in [3.8, 4) is 0 Å². The molecule has 0 unspecified atom stereocenters. The predicted octanol–water partition coefficient (Wildman–Crippen LogP) is 14.6. The highest BCUT2D eigenvalue weighted by atomic mass is 14.0. The lowest BCUT2D eigenvalue weighted by Gasteiger charge is -2.03. The zero-order chi connectivity index (χ0) is 27.5. The molecule has 0 heteroatoms. The lowest BCUT2D eigenvalue weighted by molar-refractivity contribution is 0.531. The van der Waals surface area contributed by atoms with E-state index in [1.54, 1.807) is 0 Å². The van der Waals surface area contributed by atoms with E-state index in [1.165, 1.54) is 205 Å². The van der Waals surface area contributed by atoms with Crippen molar-refractivity contribution in [3.05, 3.63) is 24.3 Å². The number of hydrogen-bond donors (Lipinski definition) is 0. The lowest BCUT2D eigenvalue weighted by Crippen LogP contribution is -1.83. The summed E-state index contributed by atoms with van der Waals surface area (Å²) in [4.78, 5) is 0. The minimum Gasteiger partial charge on any atom is -0.0885 e. The van der Waals surface area contributed by atoms with Gasteiger partial charge in [-0.2, -0.15) is 0 Å². The van der Waals surface area contributed by atoms with Crippen LogP contribution in [0.5, 0.6) is 0 Å². The molecule has 0 rings (SSSR count). The van der Waals surface area contributed by atoms with Crippen molar-refractivity contribution < 1.29 is 0 Å². The summed E-state index contributed by atoms with van der Waals surface area (Å²) < 4.78 is 0. The minimum absolute atomic E-state index is 1.31. The first-order valence-electron chi connectivity index (χ1n) is 18.2. The summed E-state index contributed by atoms with van der Waals surface area (Å²) >= 11 is 0. The second kappa shape index (κ2) is 36.5. The zero-order valence-corrected chi connectivity index (χ0v) is 26.9. The van der Waals surface area contributed by atoms with Crippen molar-refractivity contribution in [1.29, 1.82) is 0 Å².